The van der Waals surface area contributed by atoms with Gasteiger partial charge < -0.3 is 14.0 Å². The molecule has 0 radical (unpaired) electrons. The number of aryl methyl sites for hydroxylation is 1. The molecule has 160 valence electrons. The molecule has 0 amide bonds. The summed E-state index contributed by atoms with van der Waals surface area (Å²) in [7, 11) is 0. The second-order valence-corrected chi connectivity index (χ2v) is 8.48. The van der Waals surface area contributed by atoms with Crippen LogP contribution >= 0.6 is 11.3 Å². The first kappa shape index (κ1) is 20.3. The summed E-state index contributed by atoms with van der Waals surface area (Å²) >= 11 is 1.58. The second-order valence-electron chi connectivity index (χ2n) is 7.53. The molecule has 0 bridgehead atoms. The van der Waals surface area contributed by atoms with Crippen LogP contribution in [-0.4, -0.2) is 21.9 Å². The molecule has 4 aromatic rings. The number of rotatable bonds is 7. The van der Waals surface area contributed by atoms with Gasteiger partial charge in [-0.2, -0.15) is 0 Å². The number of nitrogens with zero attached hydrogens (tertiary/aromatic N) is 2. The fourth-order valence-electron chi connectivity index (χ4n) is 3.74. The molecule has 5 nitrogen and oxygen atoms in total. The predicted molar refractivity (Wildman–Crippen MR) is 126 cm³/mol. The molecule has 0 unspecified atom stereocenters. The van der Waals surface area contributed by atoms with Gasteiger partial charge in [0.25, 0.3) is 0 Å². The van der Waals surface area contributed by atoms with Crippen LogP contribution in [0.5, 0.6) is 17.2 Å². The molecule has 0 saturated carbocycles. The Morgan fingerprint density at radius 2 is 1.97 bits per heavy atom. The number of carbonyl (C=O) groups excluding carboxylic acids is 1. The third-order valence-electron chi connectivity index (χ3n) is 5.39. The number of fused-ring (bicyclic) bond motifs is 1. The summed E-state index contributed by atoms with van der Waals surface area (Å²) in [6.45, 7) is 1.29. The number of hydrogen-bond donors (Lipinski definition) is 0. The average Bonchev–Trinajstić information content (AvgIpc) is 3.49. The van der Waals surface area contributed by atoms with Crippen molar-refractivity contribution in [1.82, 2.24) is 9.55 Å². The van der Waals surface area contributed by atoms with Crippen molar-refractivity contribution in [1.29, 1.82) is 0 Å². The minimum absolute atomic E-state index is 0.0790. The summed E-state index contributed by atoms with van der Waals surface area (Å²) < 4.78 is 13.9. The van der Waals surface area contributed by atoms with Gasteiger partial charge in [-0.25, -0.2) is 4.98 Å². The Bertz CT molecular complexity index is 1240. The number of carbonyl (C=O) groups is 1. The summed E-state index contributed by atoms with van der Waals surface area (Å²) in [6.07, 6.45) is 8.92. The van der Waals surface area contributed by atoms with Gasteiger partial charge in [-0.3, -0.25) is 4.79 Å². The van der Waals surface area contributed by atoms with Crippen LogP contribution in [0.3, 0.4) is 0 Å². The molecule has 1 aliphatic rings. The predicted octanol–water partition coefficient (Wildman–Crippen LogP) is 6.03. The van der Waals surface area contributed by atoms with E-state index in [0.717, 1.165) is 51.8 Å². The first-order valence-corrected chi connectivity index (χ1v) is 11.4. The number of para-hydroxylation sites is 1. The second kappa shape index (κ2) is 9.24. The Labute approximate surface area is 190 Å². The van der Waals surface area contributed by atoms with Crippen molar-refractivity contribution in [3.63, 3.8) is 0 Å². The topological polar surface area (TPSA) is 53.4 Å². The maximum atomic E-state index is 13.1. The lowest BCUT2D eigenvalue weighted by Crippen LogP contribution is -2.14. The lowest BCUT2D eigenvalue weighted by Gasteiger charge is -2.19. The number of aromatic nitrogens is 2. The first-order chi connectivity index (χ1) is 15.8. The van der Waals surface area contributed by atoms with Crippen LogP contribution < -0.4 is 9.47 Å². The number of hydrogen-bond acceptors (Lipinski definition) is 5. The molecule has 2 heterocycles. The maximum absolute atomic E-state index is 13.1. The Morgan fingerprint density at radius 3 is 2.81 bits per heavy atom. The van der Waals surface area contributed by atoms with Gasteiger partial charge in [-0.15, -0.1) is 11.3 Å². The Balaban J connectivity index is 1.29. The third-order valence-corrected chi connectivity index (χ3v) is 6.23. The molecule has 2 aromatic carbocycles. The van der Waals surface area contributed by atoms with Crippen LogP contribution in [0.4, 0.5) is 0 Å². The van der Waals surface area contributed by atoms with Gasteiger partial charge in [0.1, 0.15) is 23.9 Å². The minimum Gasteiger partial charge on any atom is -0.492 e. The number of thiophene rings is 1. The fraction of sp³-hybridized carbons (Fsp3) is 0.154. The number of ether oxygens (including phenoxy) is 2. The number of benzene rings is 2. The zero-order chi connectivity index (χ0) is 21.8. The van der Waals surface area contributed by atoms with E-state index in [-0.39, 0.29) is 5.78 Å². The molecule has 5 rings (SSSR count). The van der Waals surface area contributed by atoms with Crippen molar-refractivity contribution < 1.29 is 14.3 Å². The van der Waals surface area contributed by atoms with Crippen molar-refractivity contribution in [2.24, 2.45) is 0 Å². The summed E-state index contributed by atoms with van der Waals surface area (Å²) in [5.41, 5.74) is 2.61. The van der Waals surface area contributed by atoms with Crippen LogP contribution in [0.1, 0.15) is 27.2 Å². The fourth-order valence-corrected chi connectivity index (χ4v) is 4.52. The summed E-state index contributed by atoms with van der Waals surface area (Å²) in [5.74, 6) is 2.43. The van der Waals surface area contributed by atoms with Crippen LogP contribution in [0, 0.1) is 0 Å². The van der Waals surface area contributed by atoms with Gasteiger partial charge in [0.2, 0.25) is 0 Å². The lowest BCUT2D eigenvalue weighted by molar-refractivity contribution is 0.102. The molecule has 6 heteroatoms. The van der Waals surface area contributed by atoms with Crippen LogP contribution in [-0.2, 0) is 13.0 Å². The summed E-state index contributed by atoms with van der Waals surface area (Å²) in [4.78, 5) is 18.1. The zero-order valence-electron chi connectivity index (χ0n) is 17.4. The summed E-state index contributed by atoms with van der Waals surface area (Å²) in [6, 6.07) is 17.4. The van der Waals surface area contributed by atoms with E-state index in [1.165, 1.54) is 0 Å². The average molecular weight is 443 g/mol. The normalized spacial score (nSPS) is 14.4. The number of allylic oxidation sites excluding steroid dienone is 1. The molecular weight excluding hydrogens is 420 g/mol. The summed E-state index contributed by atoms with van der Waals surface area (Å²) in [5, 5.41) is 1.99. The number of imidazole rings is 1. The highest BCUT2D eigenvalue weighted by atomic mass is 32.1. The van der Waals surface area contributed by atoms with Crippen molar-refractivity contribution >= 4 is 23.2 Å². The first-order valence-electron chi connectivity index (χ1n) is 10.5. The van der Waals surface area contributed by atoms with Crippen LogP contribution in [0.2, 0.25) is 0 Å². The van der Waals surface area contributed by atoms with E-state index in [4.69, 9.17) is 9.47 Å². The molecule has 0 saturated heterocycles. The molecule has 0 atom stereocenters. The van der Waals surface area contributed by atoms with E-state index in [9.17, 15) is 4.79 Å². The molecule has 1 aliphatic carbocycles. The highest BCUT2D eigenvalue weighted by molar-refractivity contribution is 7.11. The SMILES string of the molecule is O=C1C(=Cc2sccc2Oc2ccccc2)CCc2cc(OCCn3ccnc3)ccc21. The zero-order valence-corrected chi connectivity index (χ0v) is 18.3. The highest BCUT2D eigenvalue weighted by Crippen LogP contribution is 2.35. The van der Waals surface area contributed by atoms with Crippen molar-refractivity contribution in [2.75, 3.05) is 6.61 Å². The molecule has 0 aliphatic heterocycles. The lowest BCUT2D eigenvalue weighted by atomic mass is 9.86. The minimum atomic E-state index is 0.0790. The molecule has 0 N–H and O–H groups in total. The van der Waals surface area contributed by atoms with Gasteiger partial charge >= 0.3 is 0 Å². The van der Waals surface area contributed by atoms with Crippen molar-refractivity contribution in [3.05, 3.63) is 100 Å². The monoisotopic (exact) mass is 442 g/mol. The van der Waals surface area contributed by atoms with Crippen LogP contribution in [0.15, 0.2) is 84.3 Å². The van der Waals surface area contributed by atoms with Gasteiger partial charge in [-0.05, 0) is 66.3 Å². The molecular formula is C26H22N2O3S. The van der Waals surface area contributed by atoms with Gasteiger partial charge in [0.05, 0.1) is 17.7 Å². The molecule has 0 fully saturated rings. The maximum Gasteiger partial charge on any atom is 0.189 e. The highest BCUT2D eigenvalue weighted by Gasteiger charge is 2.23. The van der Waals surface area contributed by atoms with E-state index in [2.05, 4.69) is 4.98 Å². The van der Waals surface area contributed by atoms with Gasteiger partial charge in [0.15, 0.2) is 5.78 Å². The molecule has 2 aromatic heterocycles. The van der Waals surface area contributed by atoms with Crippen molar-refractivity contribution in [2.45, 2.75) is 19.4 Å². The number of ketones is 1. The van der Waals surface area contributed by atoms with E-state index in [0.29, 0.717) is 13.0 Å². The third kappa shape index (κ3) is 4.50. The Kier molecular flexibility index (Phi) is 5.85. The van der Waals surface area contributed by atoms with E-state index in [1.807, 2.05) is 76.8 Å². The smallest absolute Gasteiger partial charge is 0.189 e. The molecule has 32 heavy (non-hydrogen) atoms. The molecule has 0 spiro atoms. The Morgan fingerprint density at radius 1 is 1.06 bits per heavy atom. The van der Waals surface area contributed by atoms with Gasteiger partial charge in [0, 0.05) is 23.5 Å². The van der Waals surface area contributed by atoms with E-state index in [1.54, 1.807) is 23.9 Å². The van der Waals surface area contributed by atoms with Crippen LogP contribution in [0.25, 0.3) is 6.08 Å². The largest absolute Gasteiger partial charge is 0.492 e. The Hall–Kier alpha value is -3.64. The van der Waals surface area contributed by atoms with Gasteiger partial charge in [-0.1, -0.05) is 18.2 Å². The number of Topliss-reactive ketones (excluding diaryl/α,β-unsaturated/α-hetero) is 1. The standard InChI is InChI=1S/C26H22N2O3S/c29-26-20(17-25-24(10-15-32-25)31-21-4-2-1-3-5-21)7-6-19-16-22(8-9-23(19)26)30-14-13-28-12-11-27-18-28/h1-5,8-12,15-18H,6-7,13-14H2. The van der Waals surface area contributed by atoms with Crippen molar-refractivity contribution in [3.8, 4) is 17.2 Å². The van der Waals surface area contributed by atoms with E-state index < -0.39 is 0 Å². The van der Waals surface area contributed by atoms with E-state index >= 15 is 0 Å². The quantitative estimate of drug-likeness (QED) is 0.328.